The van der Waals surface area contributed by atoms with Crippen molar-refractivity contribution in [2.24, 2.45) is 5.92 Å². The fourth-order valence-corrected chi connectivity index (χ4v) is 3.35. The van der Waals surface area contributed by atoms with Crippen molar-refractivity contribution in [3.05, 3.63) is 35.9 Å². The number of rotatable bonds is 7. The molecule has 2 amide bonds. The molecule has 2 atom stereocenters. The molecular weight excluding hydrogens is 356 g/mol. The van der Waals surface area contributed by atoms with Crippen molar-refractivity contribution in [1.29, 1.82) is 0 Å². The van der Waals surface area contributed by atoms with Gasteiger partial charge in [0.05, 0.1) is 6.42 Å². The smallest absolute Gasteiger partial charge is 0.329 e. The first-order valence-electron chi connectivity index (χ1n) is 10.2. The molecule has 0 radical (unpaired) electrons. The normalized spacial score (nSPS) is 16.8. The maximum atomic E-state index is 12.6. The molecule has 1 saturated heterocycles. The van der Waals surface area contributed by atoms with Crippen molar-refractivity contribution in [2.45, 2.75) is 65.0 Å². The molecule has 1 unspecified atom stereocenters. The third-order valence-corrected chi connectivity index (χ3v) is 5.00. The summed E-state index contributed by atoms with van der Waals surface area (Å²) < 4.78 is 5.44. The number of nitrogens with zero attached hydrogens (tertiary/aromatic N) is 1. The van der Waals surface area contributed by atoms with Crippen LogP contribution in [-0.2, 0) is 25.5 Å². The molecule has 0 aromatic heterocycles. The Kier molecular flexibility index (Phi) is 8.48. The highest BCUT2D eigenvalue weighted by Gasteiger charge is 2.30. The van der Waals surface area contributed by atoms with Crippen LogP contribution in [0.3, 0.4) is 0 Å². The van der Waals surface area contributed by atoms with Crippen molar-refractivity contribution in [3.8, 4) is 0 Å². The molecule has 1 aromatic carbocycles. The van der Waals surface area contributed by atoms with Crippen LogP contribution in [0.4, 0.5) is 0 Å². The summed E-state index contributed by atoms with van der Waals surface area (Å²) >= 11 is 0. The van der Waals surface area contributed by atoms with Gasteiger partial charge in [-0.3, -0.25) is 9.59 Å². The van der Waals surface area contributed by atoms with Gasteiger partial charge in [0.15, 0.2) is 6.10 Å². The first-order chi connectivity index (χ1) is 13.4. The van der Waals surface area contributed by atoms with Gasteiger partial charge in [0.1, 0.15) is 6.04 Å². The van der Waals surface area contributed by atoms with Crippen molar-refractivity contribution in [2.75, 3.05) is 13.1 Å². The van der Waals surface area contributed by atoms with Gasteiger partial charge >= 0.3 is 5.97 Å². The lowest BCUT2D eigenvalue weighted by Crippen LogP contribution is -2.48. The Hall–Kier alpha value is -2.37. The Morgan fingerprint density at radius 3 is 2.18 bits per heavy atom. The summed E-state index contributed by atoms with van der Waals surface area (Å²) in [6.07, 6.45) is 3.56. The van der Waals surface area contributed by atoms with Crippen LogP contribution in [0.25, 0.3) is 0 Å². The van der Waals surface area contributed by atoms with E-state index in [0.717, 1.165) is 31.2 Å². The number of nitrogens with one attached hydrogen (secondary N) is 1. The molecule has 6 nitrogen and oxygen atoms in total. The molecule has 2 rings (SSSR count). The summed E-state index contributed by atoms with van der Waals surface area (Å²) in [5.41, 5.74) is 0.876. The van der Waals surface area contributed by atoms with E-state index in [1.54, 1.807) is 11.8 Å². The van der Waals surface area contributed by atoms with E-state index in [2.05, 4.69) is 5.32 Å². The van der Waals surface area contributed by atoms with Crippen LogP contribution in [0.2, 0.25) is 0 Å². The van der Waals surface area contributed by atoms with Gasteiger partial charge in [-0.05, 0) is 31.2 Å². The molecule has 1 N–H and O–H groups in total. The number of hydrogen-bond donors (Lipinski definition) is 1. The molecule has 28 heavy (non-hydrogen) atoms. The van der Waals surface area contributed by atoms with E-state index >= 15 is 0 Å². The van der Waals surface area contributed by atoms with Gasteiger partial charge in [-0.1, -0.05) is 57.0 Å². The first kappa shape index (κ1) is 21.9. The molecule has 1 aliphatic rings. The second-order valence-corrected chi connectivity index (χ2v) is 7.77. The first-order valence-corrected chi connectivity index (χ1v) is 10.2. The Morgan fingerprint density at radius 1 is 1.00 bits per heavy atom. The van der Waals surface area contributed by atoms with E-state index in [1.807, 2.05) is 44.2 Å². The third kappa shape index (κ3) is 6.66. The molecule has 0 saturated carbocycles. The van der Waals surface area contributed by atoms with Gasteiger partial charge in [0.25, 0.3) is 5.91 Å². The van der Waals surface area contributed by atoms with E-state index in [4.69, 9.17) is 4.74 Å². The number of likely N-dealkylation sites (tertiary alicyclic amines) is 1. The summed E-state index contributed by atoms with van der Waals surface area (Å²) in [6, 6.07) is 8.57. The van der Waals surface area contributed by atoms with Gasteiger partial charge in [-0.2, -0.15) is 0 Å². The predicted molar refractivity (Wildman–Crippen MR) is 108 cm³/mol. The quantitative estimate of drug-likeness (QED) is 0.729. The zero-order valence-corrected chi connectivity index (χ0v) is 17.1. The lowest BCUT2D eigenvalue weighted by Gasteiger charge is -2.26. The number of carbonyl (C=O) groups excluding carboxylic acids is 3. The minimum atomic E-state index is -0.849. The summed E-state index contributed by atoms with van der Waals surface area (Å²) in [4.78, 5) is 39.4. The van der Waals surface area contributed by atoms with E-state index < -0.39 is 18.1 Å². The van der Waals surface area contributed by atoms with Crippen molar-refractivity contribution < 1.29 is 19.1 Å². The third-order valence-electron chi connectivity index (χ3n) is 5.00. The Balaban J connectivity index is 1.92. The molecule has 0 bridgehead atoms. The molecule has 1 aliphatic heterocycles. The van der Waals surface area contributed by atoms with Gasteiger partial charge in [-0.15, -0.1) is 0 Å². The van der Waals surface area contributed by atoms with Crippen LogP contribution < -0.4 is 5.32 Å². The number of amides is 2. The molecule has 154 valence electrons. The number of hydrogen-bond acceptors (Lipinski definition) is 4. The molecule has 0 spiro atoms. The molecule has 6 heteroatoms. The summed E-state index contributed by atoms with van der Waals surface area (Å²) in [5, 5.41) is 2.76. The monoisotopic (exact) mass is 388 g/mol. The fraction of sp³-hybridized carbons (Fsp3) is 0.591. The maximum Gasteiger partial charge on any atom is 0.329 e. The van der Waals surface area contributed by atoms with Crippen molar-refractivity contribution in [3.63, 3.8) is 0 Å². The van der Waals surface area contributed by atoms with Crippen LogP contribution in [0.5, 0.6) is 0 Å². The fourth-order valence-electron chi connectivity index (χ4n) is 3.35. The van der Waals surface area contributed by atoms with Crippen LogP contribution in [0.1, 0.15) is 52.0 Å². The van der Waals surface area contributed by atoms with E-state index in [-0.39, 0.29) is 24.2 Å². The highest BCUT2D eigenvalue weighted by Crippen LogP contribution is 2.13. The van der Waals surface area contributed by atoms with Crippen molar-refractivity contribution in [1.82, 2.24) is 10.2 Å². The Labute approximate surface area is 167 Å². The van der Waals surface area contributed by atoms with E-state index in [1.165, 1.54) is 0 Å². The maximum absolute atomic E-state index is 12.6. The average Bonchev–Trinajstić information content (AvgIpc) is 2.95. The lowest BCUT2D eigenvalue weighted by molar-refractivity contribution is -0.162. The van der Waals surface area contributed by atoms with Crippen LogP contribution in [-0.4, -0.2) is 47.9 Å². The van der Waals surface area contributed by atoms with Crippen molar-refractivity contribution >= 4 is 17.8 Å². The zero-order chi connectivity index (χ0) is 20.5. The predicted octanol–water partition coefficient (Wildman–Crippen LogP) is 2.70. The topological polar surface area (TPSA) is 75.7 Å². The van der Waals surface area contributed by atoms with Gasteiger partial charge in [-0.25, -0.2) is 4.79 Å². The Morgan fingerprint density at radius 2 is 1.61 bits per heavy atom. The standard InChI is InChI=1S/C22H32N2O4/c1-16(2)20(23-19(25)15-18-11-7-6-8-12-18)22(27)28-17(3)21(26)24-13-9-4-5-10-14-24/h6-8,11-12,16-17,20H,4-5,9-10,13-15H2,1-3H3,(H,23,25)/t17?,20-/m0/s1. The van der Waals surface area contributed by atoms with Gasteiger partial charge < -0.3 is 15.0 Å². The highest BCUT2D eigenvalue weighted by atomic mass is 16.5. The number of esters is 1. The highest BCUT2D eigenvalue weighted by molar-refractivity contribution is 5.88. The van der Waals surface area contributed by atoms with Crippen LogP contribution >= 0.6 is 0 Å². The zero-order valence-electron chi connectivity index (χ0n) is 17.1. The van der Waals surface area contributed by atoms with Gasteiger partial charge in [0, 0.05) is 13.1 Å². The van der Waals surface area contributed by atoms with Crippen LogP contribution in [0.15, 0.2) is 30.3 Å². The lowest BCUT2D eigenvalue weighted by atomic mass is 10.0. The minimum Gasteiger partial charge on any atom is -0.451 e. The number of carbonyl (C=O) groups is 3. The van der Waals surface area contributed by atoms with Gasteiger partial charge in [0.2, 0.25) is 5.91 Å². The Bertz CT molecular complexity index is 652. The summed E-state index contributed by atoms with van der Waals surface area (Å²) in [6.45, 7) is 6.71. The molecule has 1 aromatic rings. The minimum absolute atomic E-state index is 0.146. The van der Waals surface area contributed by atoms with E-state index in [9.17, 15) is 14.4 Å². The molecule has 0 aliphatic carbocycles. The largest absolute Gasteiger partial charge is 0.451 e. The summed E-state index contributed by atoms with van der Waals surface area (Å²) in [5.74, 6) is -1.11. The second-order valence-electron chi connectivity index (χ2n) is 7.77. The summed E-state index contributed by atoms with van der Waals surface area (Å²) in [7, 11) is 0. The molecule has 1 heterocycles. The SMILES string of the molecule is CC(OC(=O)[C@@H](NC(=O)Cc1ccccc1)C(C)C)C(=O)N1CCCCCC1. The number of ether oxygens (including phenoxy) is 1. The molecular formula is C22H32N2O4. The number of benzene rings is 1. The second kappa shape index (κ2) is 10.8. The average molecular weight is 389 g/mol. The molecule has 1 fully saturated rings. The van der Waals surface area contributed by atoms with E-state index in [0.29, 0.717) is 13.1 Å². The van der Waals surface area contributed by atoms with Crippen LogP contribution in [0, 0.1) is 5.92 Å².